The van der Waals surface area contributed by atoms with Crippen LogP contribution in [0.3, 0.4) is 0 Å². The van der Waals surface area contributed by atoms with E-state index in [4.69, 9.17) is 4.98 Å². The van der Waals surface area contributed by atoms with E-state index >= 15 is 0 Å². The molecule has 2 heterocycles. The lowest BCUT2D eigenvalue weighted by Gasteiger charge is -2.13. The van der Waals surface area contributed by atoms with E-state index in [1.807, 2.05) is 66.9 Å². The van der Waals surface area contributed by atoms with Crippen LogP contribution in [0.4, 0.5) is 0 Å². The molecule has 0 amide bonds. The number of nitrogens with one attached hydrogen (secondary N) is 1. The number of hydrogen-bond acceptors (Lipinski definition) is 2. The molecular weight excluding hydrogens is 418 g/mol. The van der Waals surface area contributed by atoms with E-state index in [9.17, 15) is 4.79 Å². The van der Waals surface area contributed by atoms with E-state index in [1.54, 1.807) is 4.57 Å². The second kappa shape index (κ2) is 8.49. The maximum atomic E-state index is 13.5. The fraction of sp³-hybridized carbons (Fsp3) is 0.0667. The van der Waals surface area contributed by atoms with Gasteiger partial charge in [0.2, 0.25) is 0 Å². The number of hydrogen-bond donors (Lipinski definition) is 1. The van der Waals surface area contributed by atoms with E-state index in [0.717, 1.165) is 28.1 Å². The molecule has 0 unspecified atom stereocenters. The third-order valence-electron chi connectivity index (χ3n) is 6.24. The van der Waals surface area contributed by atoms with Crippen LogP contribution in [0.15, 0.2) is 114 Å². The summed E-state index contributed by atoms with van der Waals surface area (Å²) in [5, 5.41) is 2.36. The van der Waals surface area contributed by atoms with Gasteiger partial charge in [0.15, 0.2) is 5.82 Å². The highest BCUT2D eigenvalue weighted by Crippen LogP contribution is 2.24. The summed E-state index contributed by atoms with van der Waals surface area (Å²) in [5.41, 5.74) is 5.59. The van der Waals surface area contributed by atoms with Gasteiger partial charge in [-0.15, -0.1) is 0 Å². The first-order valence-electron chi connectivity index (χ1n) is 11.4. The molecule has 0 saturated carbocycles. The average molecular weight is 442 g/mol. The SMILES string of the molecule is O=c1c(Cc2ccc3ccccc3c2)nc2c(Cc3ccccc3)[nH]c(-c3ccccc3)cn1-2. The number of H-pyrrole nitrogens is 1. The summed E-state index contributed by atoms with van der Waals surface area (Å²) in [6.45, 7) is 0. The standard InChI is InChI=1S/C30H23N3O/c34-30-27(19-22-15-16-23-11-7-8-14-25(23)17-22)32-29-26(18-21-9-3-1-4-10-21)31-28(20-33(29)30)24-12-5-2-6-13-24/h1-17,20,31H,18-19H2. The van der Waals surface area contributed by atoms with Crippen LogP contribution in [-0.4, -0.2) is 14.5 Å². The van der Waals surface area contributed by atoms with Crippen molar-refractivity contribution >= 4 is 10.8 Å². The molecule has 164 valence electrons. The van der Waals surface area contributed by atoms with Gasteiger partial charge in [0.05, 0.1) is 11.4 Å². The lowest BCUT2D eigenvalue weighted by molar-refractivity contribution is 0.914. The van der Waals surface area contributed by atoms with Gasteiger partial charge in [0, 0.05) is 19.0 Å². The summed E-state index contributed by atoms with van der Waals surface area (Å²) in [4.78, 5) is 21.9. The van der Waals surface area contributed by atoms with E-state index in [0.29, 0.717) is 24.4 Å². The highest BCUT2D eigenvalue weighted by atomic mass is 16.1. The largest absolute Gasteiger partial charge is 0.354 e. The topological polar surface area (TPSA) is 50.7 Å². The molecule has 2 aliphatic heterocycles. The van der Waals surface area contributed by atoms with Crippen LogP contribution < -0.4 is 5.56 Å². The van der Waals surface area contributed by atoms with Crippen LogP contribution in [0.5, 0.6) is 0 Å². The quantitative estimate of drug-likeness (QED) is 0.357. The summed E-state index contributed by atoms with van der Waals surface area (Å²) in [6.07, 6.45) is 3.03. The van der Waals surface area contributed by atoms with Gasteiger partial charge < -0.3 is 4.98 Å². The normalized spacial score (nSPS) is 11.3. The van der Waals surface area contributed by atoms with Crippen LogP contribution >= 0.6 is 0 Å². The van der Waals surface area contributed by atoms with Gasteiger partial charge >= 0.3 is 0 Å². The van der Waals surface area contributed by atoms with Crippen molar-refractivity contribution in [3.63, 3.8) is 0 Å². The zero-order valence-electron chi connectivity index (χ0n) is 18.6. The van der Waals surface area contributed by atoms with Crippen molar-refractivity contribution in [3.8, 4) is 17.1 Å². The summed E-state index contributed by atoms with van der Waals surface area (Å²) in [6, 6.07) is 34.9. The van der Waals surface area contributed by atoms with Crippen LogP contribution in [-0.2, 0) is 12.8 Å². The molecule has 34 heavy (non-hydrogen) atoms. The lowest BCUT2D eigenvalue weighted by Crippen LogP contribution is -2.17. The molecule has 0 spiro atoms. The first kappa shape index (κ1) is 20.2. The molecule has 6 rings (SSSR count). The Morgan fingerprint density at radius 2 is 1.41 bits per heavy atom. The number of imidazole rings is 1. The maximum absolute atomic E-state index is 13.5. The van der Waals surface area contributed by atoms with E-state index in [-0.39, 0.29) is 5.56 Å². The third-order valence-corrected chi connectivity index (χ3v) is 6.24. The van der Waals surface area contributed by atoms with Crippen molar-refractivity contribution < 1.29 is 0 Å². The number of benzene rings is 4. The first-order valence-corrected chi connectivity index (χ1v) is 11.4. The molecule has 0 aromatic heterocycles. The molecular formula is C30H23N3O. The lowest BCUT2D eigenvalue weighted by atomic mass is 10.0. The highest BCUT2D eigenvalue weighted by molar-refractivity contribution is 5.83. The van der Waals surface area contributed by atoms with E-state index in [1.165, 1.54) is 10.8 Å². The second-order valence-corrected chi connectivity index (χ2v) is 8.59. The first-order chi connectivity index (χ1) is 16.7. The number of nitrogens with zero attached hydrogens (tertiary/aromatic N) is 2. The smallest absolute Gasteiger partial charge is 0.278 e. The number of rotatable bonds is 5. The Hall–Kier alpha value is -4.44. The van der Waals surface area contributed by atoms with Gasteiger partial charge in [-0.25, -0.2) is 4.98 Å². The summed E-state index contributed by atoms with van der Waals surface area (Å²) >= 11 is 0. The van der Waals surface area contributed by atoms with Crippen molar-refractivity contribution in [2.75, 3.05) is 0 Å². The summed E-state index contributed by atoms with van der Waals surface area (Å²) < 4.78 is 1.70. The third kappa shape index (κ3) is 3.80. The average Bonchev–Trinajstić information content (AvgIpc) is 3.20. The molecule has 0 fully saturated rings. The fourth-order valence-corrected chi connectivity index (χ4v) is 4.52. The van der Waals surface area contributed by atoms with Gasteiger partial charge in [-0.3, -0.25) is 9.36 Å². The zero-order chi connectivity index (χ0) is 22.9. The summed E-state index contributed by atoms with van der Waals surface area (Å²) in [7, 11) is 0. The van der Waals surface area contributed by atoms with Crippen molar-refractivity contribution in [1.29, 1.82) is 0 Å². The Bertz CT molecular complexity index is 1610. The molecule has 0 atom stereocenters. The van der Waals surface area contributed by atoms with Crippen molar-refractivity contribution in [1.82, 2.24) is 14.5 Å². The monoisotopic (exact) mass is 441 g/mol. The number of aromatic nitrogens is 3. The van der Waals surface area contributed by atoms with Gasteiger partial charge in [-0.2, -0.15) is 0 Å². The number of aromatic amines is 1. The van der Waals surface area contributed by atoms with E-state index < -0.39 is 0 Å². The molecule has 2 aliphatic rings. The van der Waals surface area contributed by atoms with Crippen LogP contribution in [0.25, 0.3) is 27.8 Å². The Labute approximate surface area is 197 Å². The molecule has 0 saturated heterocycles. The Morgan fingerprint density at radius 1 is 0.706 bits per heavy atom. The predicted molar refractivity (Wildman–Crippen MR) is 137 cm³/mol. The summed E-state index contributed by atoms with van der Waals surface area (Å²) in [5.74, 6) is 0.685. The van der Waals surface area contributed by atoms with Crippen molar-refractivity contribution in [3.05, 3.63) is 142 Å². The molecule has 4 aromatic rings. The minimum Gasteiger partial charge on any atom is -0.354 e. The van der Waals surface area contributed by atoms with Crippen molar-refractivity contribution in [2.24, 2.45) is 0 Å². The Kier molecular flexibility index (Phi) is 5.04. The zero-order valence-corrected chi connectivity index (χ0v) is 18.6. The fourth-order valence-electron chi connectivity index (χ4n) is 4.52. The highest BCUT2D eigenvalue weighted by Gasteiger charge is 2.20. The molecule has 4 aromatic carbocycles. The molecule has 0 bridgehead atoms. The molecule has 0 radical (unpaired) electrons. The molecule has 4 nitrogen and oxygen atoms in total. The van der Waals surface area contributed by atoms with Gasteiger partial charge in [0.25, 0.3) is 5.56 Å². The second-order valence-electron chi connectivity index (χ2n) is 8.59. The molecule has 4 heteroatoms. The van der Waals surface area contributed by atoms with E-state index in [2.05, 4.69) is 47.4 Å². The number of fused-ring (bicyclic) bond motifs is 2. The van der Waals surface area contributed by atoms with Crippen molar-refractivity contribution in [2.45, 2.75) is 12.8 Å². The predicted octanol–water partition coefficient (Wildman–Crippen LogP) is 6.00. The van der Waals surface area contributed by atoms with Crippen LogP contribution in [0.2, 0.25) is 0 Å². The van der Waals surface area contributed by atoms with Crippen LogP contribution in [0.1, 0.15) is 22.5 Å². The van der Waals surface area contributed by atoms with Gasteiger partial charge in [-0.05, 0) is 27.5 Å². The molecule has 0 aliphatic carbocycles. The Balaban J connectivity index is 1.47. The minimum absolute atomic E-state index is 0.0661. The van der Waals surface area contributed by atoms with Gasteiger partial charge in [0.1, 0.15) is 5.69 Å². The Morgan fingerprint density at radius 3 is 2.21 bits per heavy atom. The van der Waals surface area contributed by atoms with Gasteiger partial charge in [-0.1, -0.05) is 103 Å². The minimum atomic E-state index is -0.0661. The van der Waals surface area contributed by atoms with Crippen LogP contribution in [0, 0.1) is 0 Å². The molecule has 1 N–H and O–H groups in total. The maximum Gasteiger partial charge on any atom is 0.278 e.